The van der Waals surface area contributed by atoms with Gasteiger partial charge in [-0.05, 0) is 52.4 Å². The predicted molar refractivity (Wildman–Crippen MR) is 104 cm³/mol. The van der Waals surface area contributed by atoms with E-state index < -0.39 is 10.8 Å². The zero-order valence-corrected chi connectivity index (χ0v) is 17.1. The molecule has 0 aromatic carbocycles. The number of nitrogens with one attached hydrogen (secondary N) is 2. The van der Waals surface area contributed by atoms with Crippen molar-refractivity contribution in [2.24, 2.45) is 10.4 Å². The summed E-state index contributed by atoms with van der Waals surface area (Å²) in [7, 11) is 0.933. The Balaban J connectivity index is 2.56. The standard InChI is InChI=1S/C18H37N3O2S/c1-6-19-16(20-12-14-24(22)17(2,3)4)21-15-18(11-13-23-5)9-7-8-10-18/h6-15H2,1-5H3,(H2,19,20,21). The van der Waals surface area contributed by atoms with E-state index in [0.29, 0.717) is 17.7 Å². The zero-order valence-electron chi connectivity index (χ0n) is 16.2. The van der Waals surface area contributed by atoms with Gasteiger partial charge in [0.25, 0.3) is 0 Å². The number of hydrogen-bond acceptors (Lipinski definition) is 3. The molecule has 1 unspecified atom stereocenters. The third-order valence-electron chi connectivity index (χ3n) is 4.68. The van der Waals surface area contributed by atoms with Gasteiger partial charge in [-0.1, -0.05) is 12.8 Å². The molecule has 1 rings (SSSR count). The molecule has 1 atom stereocenters. The van der Waals surface area contributed by atoms with Crippen LogP contribution in [0.3, 0.4) is 0 Å². The molecule has 5 nitrogen and oxygen atoms in total. The lowest BCUT2D eigenvalue weighted by Gasteiger charge is -2.27. The Bertz CT molecular complexity index is 413. The van der Waals surface area contributed by atoms with Crippen LogP contribution in [0.5, 0.6) is 0 Å². The van der Waals surface area contributed by atoms with Crippen molar-refractivity contribution in [3.63, 3.8) is 0 Å². The number of nitrogens with zero attached hydrogens (tertiary/aromatic N) is 1. The van der Waals surface area contributed by atoms with Gasteiger partial charge in [-0.15, -0.1) is 0 Å². The van der Waals surface area contributed by atoms with Crippen LogP contribution < -0.4 is 10.6 Å². The van der Waals surface area contributed by atoms with Crippen LogP contribution in [0.2, 0.25) is 0 Å². The Morgan fingerprint density at radius 3 is 2.46 bits per heavy atom. The Labute approximate surface area is 150 Å². The zero-order chi connectivity index (χ0) is 18.1. The van der Waals surface area contributed by atoms with Crippen LogP contribution in [0.4, 0.5) is 0 Å². The summed E-state index contributed by atoms with van der Waals surface area (Å²) >= 11 is 0. The fourth-order valence-electron chi connectivity index (χ4n) is 3.09. The summed E-state index contributed by atoms with van der Waals surface area (Å²) < 4.78 is 17.3. The van der Waals surface area contributed by atoms with Gasteiger partial charge < -0.3 is 15.4 Å². The number of ether oxygens (including phenoxy) is 1. The van der Waals surface area contributed by atoms with Gasteiger partial charge in [-0.2, -0.15) is 0 Å². The Morgan fingerprint density at radius 1 is 1.25 bits per heavy atom. The topological polar surface area (TPSA) is 62.7 Å². The van der Waals surface area contributed by atoms with Crippen molar-refractivity contribution in [1.29, 1.82) is 0 Å². The molecule has 0 bridgehead atoms. The number of aliphatic imine (C=N–C) groups is 1. The Kier molecular flexibility index (Phi) is 9.27. The fraction of sp³-hybridized carbons (Fsp3) is 0.944. The fourth-order valence-corrected chi connectivity index (χ4v) is 3.99. The molecule has 1 aliphatic carbocycles. The Morgan fingerprint density at radius 2 is 1.92 bits per heavy atom. The molecule has 0 saturated heterocycles. The Hall–Kier alpha value is -0.620. The highest BCUT2D eigenvalue weighted by Gasteiger charge is 2.33. The largest absolute Gasteiger partial charge is 0.385 e. The lowest BCUT2D eigenvalue weighted by atomic mass is 9.83. The van der Waals surface area contributed by atoms with E-state index in [-0.39, 0.29) is 4.75 Å². The van der Waals surface area contributed by atoms with Gasteiger partial charge >= 0.3 is 0 Å². The SMILES string of the molecule is CCNC(=NCC1(CCOC)CCCC1)NCCS(=O)C(C)(C)C. The minimum atomic E-state index is -0.838. The van der Waals surface area contributed by atoms with Crippen molar-refractivity contribution in [1.82, 2.24) is 10.6 Å². The monoisotopic (exact) mass is 359 g/mol. The third kappa shape index (κ3) is 7.51. The maximum Gasteiger partial charge on any atom is 0.191 e. The normalized spacial score (nSPS) is 19.3. The van der Waals surface area contributed by atoms with Crippen LogP contribution in [-0.2, 0) is 15.5 Å². The summed E-state index contributed by atoms with van der Waals surface area (Å²) in [6.07, 6.45) is 6.17. The number of guanidine groups is 1. The first kappa shape index (κ1) is 21.4. The number of rotatable bonds is 9. The van der Waals surface area contributed by atoms with Gasteiger partial charge in [0.05, 0.1) is 0 Å². The second kappa shape index (κ2) is 10.4. The first-order valence-electron chi connectivity index (χ1n) is 9.22. The smallest absolute Gasteiger partial charge is 0.191 e. The second-order valence-corrected chi connectivity index (χ2v) is 10.1. The van der Waals surface area contributed by atoms with Crippen LogP contribution in [0.25, 0.3) is 0 Å². The summed E-state index contributed by atoms with van der Waals surface area (Å²) in [5.74, 6) is 1.48. The summed E-state index contributed by atoms with van der Waals surface area (Å²) in [5.41, 5.74) is 0.298. The maximum atomic E-state index is 12.1. The van der Waals surface area contributed by atoms with Gasteiger partial charge in [0.1, 0.15) is 0 Å². The van der Waals surface area contributed by atoms with Gasteiger partial charge in [-0.3, -0.25) is 9.20 Å². The van der Waals surface area contributed by atoms with Crippen LogP contribution in [0.15, 0.2) is 4.99 Å². The van der Waals surface area contributed by atoms with Crippen LogP contribution in [0.1, 0.15) is 59.8 Å². The minimum Gasteiger partial charge on any atom is -0.385 e. The lowest BCUT2D eigenvalue weighted by Crippen LogP contribution is -2.41. The average molecular weight is 360 g/mol. The average Bonchev–Trinajstić information content (AvgIpc) is 2.99. The summed E-state index contributed by atoms with van der Waals surface area (Å²) in [6, 6.07) is 0. The van der Waals surface area contributed by atoms with Crippen molar-refractivity contribution < 1.29 is 8.95 Å². The predicted octanol–water partition coefficient (Wildman–Crippen LogP) is 2.69. The van der Waals surface area contributed by atoms with E-state index in [4.69, 9.17) is 9.73 Å². The highest BCUT2D eigenvalue weighted by molar-refractivity contribution is 7.86. The molecule has 1 fully saturated rings. The van der Waals surface area contributed by atoms with E-state index in [0.717, 1.165) is 32.1 Å². The first-order valence-corrected chi connectivity index (χ1v) is 10.5. The minimum absolute atomic E-state index is 0.161. The summed E-state index contributed by atoms with van der Waals surface area (Å²) in [5, 5.41) is 6.64. The van der Waals surface area contributed by atoms with Gasteiger partial charge in [-0.25, -0.2) is 0 Å². The number of hydrogen-bond donors (Lipinski definition) is 2. The van der Waals surface area contributed by atoms with Gasteiger partial charge in [0.15, 0.2) is 5.96 Å². The van der Waals surface area contributed by atoms with Crippen LogP contribution in [-0.4, -0.2) is 54.0 Å². The molecule has 0 aromatic heterocycles. The molecule has 6 heteroatoms. The maximum absolute atomic E-state index is 12.1. The molecule has 0 aliphatic heterocycles. The second-order valence-electron chi connectivity index (χ2n) is 7.73. The first-order chi connectivity index (χ1) is 11.3. The molecule has 0 spiro atoms. The van der Waals surface area contributed by atoms with E-state index in [1.807, 2.05) is 20.8 Å². The van der Waals surface area contributed by atoms with Crippen molar-refractivity contribution in [2.45, 2.75) is 64.5 Å². The van der Waals surface area contributed by atoms with E-state index in [2.05, 4.69) is 17.6 Å². The highest BCUT2D eigenvalue weighted by Crippen LogP contribution is 2.41. The molecule has 0 radical (unpaired) electrons. The molecular formula is C18H37N3O2S. The molecule has 1 saturated carbocycles. The third-order valence-corrected chi connectivity index (χ3v) is 6.62. The summed E-state index contributed by atoms with van der Waals surface area (Å²) in [4.78, 5) is 4.82. The van der Waals surface area contributed by atoms with Crippen LogP contribution >= 0.6 is 0 Å². The van der Waals surface area contributed by atoms with E-state index in [1.165, 1.54) is 25.7 Å². The molecular weight excluding hydrogens is 322 g/mol. The molecule has 142 valence electrons. The van der Waals surface area contributed by atoms with Crippen molar-refractivity contribution >= 4 is 16.8 Å². The van der Waals surface area contributed by atoms with Crippen molar-refractivity contribution in [2.75, 3.05) is 39.1 Å². The highest BCUT2D eigenvalue weighted by atomic mass is 32.2. The van der Waals surface area contributed by atoms with Gasteiger partial charge in [0, 0.05) is 54.7 Å². The van der Waals surface area contributed by atoms with Crippen LogP contribution in [0, 0.1) is 5.41 Å². The number of methoxy groups -OCH3 is 1. The van der Waals surface area contributed by atoms with E-state index in [1.54, 1.807) is 7.11 Å². The molecule has 0 heterocycles. The molecule has 2 N–H and O–H groups in total. The summed E-state index contributed by atoms with van der Waals surface area (Å²) in [6.45, 7) is 11.3. The quantitative estimate of drug-likeness (QED) is 0.491. The lowest BCUT2D eigenvalue weighted by molar-refractivity contribution is 0.141. The van der Waals surface area contributed by atoms with E-state index >= 15 is 0 Å². The molecule has 24 heavy (non-hydrogen) atoms. The molecule has 1 aliphatic rings. The van der Waals surface area contributed by atoms with Crippen molar-refractivity contribution in [3.05, 3.63) is 0 Å². The van der Waals surface area contributed by atoms with E-state index in [9.17, 15) is 4.21 Å². The van der Waals surface area contributed by atoms with Gasteiger partial charge in [0.2, 0.25) is 0 Å². The van der Waals surface area contributed by atoms with Crippen molar-refractivity contribution in [3.8, 4) is 0 Å². The molecule has 0 amide bonds. The molecule has 0 aromatic rings.